The van der Waals surface area contributed by atoms with Gasteiger partial charge in [0.2, 0.25) is 0 Å². The third-order valence-corrected chi connectivity index (χ3v) is 3.02. The molecule has 0 saturated heterocycles. The van der Waals surface area contributed by atoms with Crippen LogP contribution in [0.5, 0.6) is 11.5 Å². The minimum Gasteiger partial charge on any atom is -0.493 e. The first-order chi connectivity index (χ1) is 11.1. The molecular formula is C17H15FN2O3. The van der Waals surface area contributed by atoms with Gasteiger partial charge in [-0.05, 0) is 31.2 Å². The van der Waals surface area contributed by atoms with E-state index in [1.165, 1.54) is 37.4 Å². The number of carbonyl (C=O) groups is 1. The van der Waals surface area contributed by atoms with Crippen molar-refractivity contribution in [1.82, 2.24) is 0 Å². The number of anilines is 1. The highest BCUT2D eigenvalue weighted by molar-refractivity contribution is 6.07. The lowest BCUT2D eigenvalue weighted by Crippen LogP contribution is -2.15. The maximum absolute atomic E-state index is 13.2. The second-order valence-corrected chi connectivity index (χ2v) is 4.56. The topological polar surface area (TPSA) is 71.3 Å². The molecule has 0 bridgehead atoms. The van der Waals surface area contributed by atoms with E-state index in [1.54, 1.807) is 13.0 Å². The summed E-state index contributed by atoms with van der Waals surface area (Å²) in [4.78, 5) is 12.5. The van der Waals surface area contributed by atoms with E-state index in [2.05, 4.69) is 5.32 Å². The quantitative estimate of drug-likeness (QED) is 0.918. The van der Waals surface area contributed by atoms with Crippen LogP contribution in [0, 0.1) is 17.1 Å². The smallest absolute Gasteiger partial charge is 0.259 e. The minimum atomic E-state index is -0.519. The van der Waals surface area contributed by atoms with Gasteiger partial charge < -0.3 is 14.8 Å². The predicted octanol–water partition coefficient (Wildman–Crippen LogP) is 3.36. The van der Waals surface area contributed by atoms with Gasteiger partial charge in [0.1, 0.15) is 5.82 Å². The zero-order valence-electron chi connectivity index (χ0n) is 12.7. The van der Waals surface area contributed by atoms with Gasteiger partial charge in [0.05, 0.1) is 30.9 Å². The van der Waals surface area contributed by atoms with Gasteiger partial charge in [0.25, 0.3) is 5.91 Å². The van der Waals surface area contributed by atoms with Crippen molar-refractivity contribution in [2.45, 2.75) is 6.92 Å². The minimum absolute atomic E-state index is 0.145. The fourth-order valence-electron chi connectivity index (χ4n) is 2.04. The first kappa shape index (κ1) is 16.3. The molecule has 118 valence electrons. The Bertz CT molecular complexity index is 769. The summed E-state index contributed by atoms with van der Waals surface area (Å²) in [6, 6.07) is 10.4. The van der Waals surface area contributed by atoms with Crippen LogP contribution in [0.1, 0.15) is 22.8 Å². The van der Waals surface area contributed by atoms with Gasteiger partial charge >= 0.3 is 0 Å². The van der Waals surface area contributed by atoms with Crippen LogP contribution in [0.25, 0.3) is 0 Å². The highest BCUT2D eigenvalue weighted by Crippen LogP contribution is 2.33. The summed E-state index contributed by atoms with van der Waals surface area (Å²) < 4.78 is 23.9. The van der Waals surface area contributed by atoms with Crippen LogP contribution in [-0.2, 0) is 0 Å². The number of amides is 1. The Morgan fingerprint density at radius 2 is 2.13 bits per heavy atom. The molecule has 0 fully saturated rings. The molecule has 0 aliphatic heterocycles. The SMILES string of the molecule is CCOc1c(OC)cc(C#N)cc1C(=O)Nc1cccc(F)c1. The fraction of sp³-hybridized carbons (Fsp3) is 0.176. The van der Waals surface area contributed by atoms with Crippen molar-refractivity contribution in [1.29, 1.82) is 5.26 Å². The third kappa shape index (κ3) is 3.77. The summed E-state index contributed by atoms with van der Waals surface area (Å²) in [5.74, 6) is -0.455. The predicted molar refractivity (Wildman–Crippen MR) is 83.2 cm³/mol. The van der Waals surface area contributed by atoms with E-state index >= 15 is 0 Å². The van der Waals surface area contributed by atoms with E-state index in [0.29, 0.717) is 12.3 Å². The van der Waals surface area contributed by atoms with Gasteiger partial charge in [-0.2, -0.15) is 5.26 Å². The van der Waals surface area contributed by atoms with Crippen LogP contribution >= 0.6 is 0 Å². The van der Waals surface area contributed by atoms with Crippen molar-refractivity contribution in [2.24, 2.45) is 0 Å². The lowest BCUT2D eigenvalue weighted by Gasteiger charge is -2.14. The number of hydrogen-bond donors (Lipinski definition) is 1. The summed E-state index contributed by atoms with van der Waals surface area (Å²) in [6.45, 7) is 2.09. The summed E-state index contributed by atoms with van der Waals surface area (Å²) in [6.07, 6.45) is 0. The Balaban J connectivity index is 2.43. The molecule has 0 heterocycles. The number of benzene rings is 2. The molecule has 23 heavy (non-hydrogen) atoms. The van der Waals surface area contributed by atoms with Crippen LogP contribution in [0.4, 0.5) is 10.1 Å². The zero-order valence-corrected chi connectivity index (χ0v) is 12.7. The Morgan fingerprint density at radius 1 is 1.35 bits per heavy atom. The average Bonchev–Trinajstić information content (AvgIpc) is 2.55. The molecule has 0 aliphatic rings. The number of nitrogens with one attached hydrogen (secondary N) is 1. The van der Waals surface area contributed by atoms with E-state index in [-0.39, 0.29) is 22.6 Å². The van der Waals surface area contributed by atoms with Gasteiger partial charge in [-0.15, -0.1) is 0 Å². The van der Waals surface area contributed by atoms with Crippen molar-refractivity contribution in [3.05, 3.63) is 53.3 Å². The molecule has 2 aromatic carbocycles. The largest absolute Gasteiger partial charge is 0.493 e. The van der Waals surface area contributed by atoms with Crippen molar-refractivity contribution < 1.29 is 18.7 Å². The van der Waals surface area contributed by atoms with Crippen LogP contribution in [-0.4, -0.2) is 19.6 Å². The highest BCUT2D eigenvalue weighted by Gasteiger charge is 2.19. The molecule has 0 spiro atoms. The number of rotatable bonds is 5. The van der Waals surface area contributed by atoms with Crippen LogP contribution in [0.15, 0.2) is 36.4 Å². The summed E-state index contributed by atoms with van der Waals surface area (Å²) in [7, 11) is 1.42. The molecule has 0 saturated carbocycles. The number of ether oxygens (including phenoxy) is 2. The molecule has 1 N–H and O–H groups in total. The molecule has 1 amide bonds. The van der Waals surface area contributed by atoms with Gasteiger partial charge in [-0.1, -0.05) is 6.07 Å². The number of nitrogens with zero attached hydrogens (tertiary/aromatic N) is 1. The van der Waals surface area contributed by atoms with E-state index in [0.717, 1.165) is 0 Å². The number of hydrogen-bond acceptors (Lipinski definition) is 4. The Morgan fingerprint density at radius 3 is 2.74 bits per heavy atom. The second-order valence-electron chi connectivity index (χ2n) is 4.56. The third-order valence-electron chi connectivity index (χ3n) is 3.02. The van der Waals surface area contributed by atoms with E-state index in [1.807, 2.05) is 6.07 Å². The normalized spacial score (nSPS) is 9.83. The summed E-state index contributed by atoms with van der Waals surface area (Å²) in [5.41, 5.74) is 0.709. The van der Waals surface area contributed by atoms with Crippen LogP contribution in [0.3, 0.4) is 0 Å². The Labute approximate surface area is 133 Å². The number of nitriles is 1. The maximum atomic E-state index is 13.2. The van der Waals surface area contributed by atoms with Crippen molar-refractivity contribution in [3.8, 4) is 17.6 Å². The summed E-state index contributed by atoms with van der Waals surface area (Å²) >= 11 is 0. The molecular weight excluding hydrogens is 299 g/mol. The molecule has 0 aromatic heterocycles. The second kappa shape index (κ2) is 7.27. The number of halogens is 1. The van der Waals surface area contributed by atoms with Crippen molar-refractivity contribution in [3.63, 3.8) is 0 Å². The molecule has 0 atom stereocenters. The van der Waals surface area contributed by atoms with Gasteiger partial charge in [0, 0.05) is 11.8 Å². The molecule has 2 rings (SSSR count). The lowest BCUT2D eigenvalue weighted by atomic mass is 10.1. The number of carbonyl (C=O) groups excluding carboxylic acids is 1. The highest BCUT2D eigenvalue weighted by atomic mass is 19.1. The first-order valence-corrected chi connectivity index (χ1v) is 6.91. The van der Waals surface area contributed by atoms with E-state index in [4.69, 9.17) is 14.7 Å². The van der Waals surface area contributed by atoms with Crippen LogP contribution < -0.4 is 14.8 Å². The Kier molecular flexibility index (Phi) is 5.15. The van der Waals surface area contributed by atoms with Crippen molar-refractivity contribution >= 4 is 11.6 Å². The summed E-state index contributed by atoms with van der Waals surface area (Å²) in [5, 5.41) is 11.7. The molecule has 6 heteroatoms. The molecule has 0 radical (unpaired) electrons. The molecule has 5 nitrogen and oxygen atoms in total. The van der Waals surface area contributed by atoms with Gasteiger partial charge in [0.15, 0.2) is 11.5 Å². The first-order valence-electron chi connectivity index (χ1n) is 6.91. The van der Waals surface area contributed by atoms with E-state index in [9.17, 15) is 9.18 Å². The standard InChI is InChI=1S/C17H15FN2O3/c1-3-23-16-14(7-11(10-19)8-15(16)22-2)17(21)20-13-6-4-5-12(18)9-13/h4-9H,3H2,1-2H3,(H,20,21). The fourth-order valence-corrected chi connectivity index (χ4v) is 2.04. The average molecular weight is 314 g/mol. The lowest BCUT2D eigenvalue weighted by molar-refractivity contribution is 0.102. The molecule has 2 aromatic rings. The monoisotopic (exact) mass is 314 g/mol. The van der Waals surface area contributed by atoms with Crippen LogP contribution in [0.2, 0.25) is 0 Å². The maximum Gasteiger partial charge on any atom is 0.259 e. The number of methoxy groups -OCH3 is 1. The van der Waals surface area contributed by atoms with Crippen molar-refractivity contribution in [2.75, 3.05) is 19.0 Å². The van der Waals surface area contributed by atoms with Gasteiger partial charge in [-0.3, -0.25) is 4.79 Å². The van der Waals surface area contributed by atoms with E-state index < -0.39 is 11.7 Å². The molecule has 0 unspecified atom stereocenters. The Hall–Kier alpha value is -3.07. The zero-order chi connectivity index (χ0) is 16.8. The van der Waals surface area contributed by atoms with Gasteiger partial charge in [-0.25, -0.2) is 4.39 Å². The molecule has 0 aliphatic carbocycles.